The van der Waals surface area contributed by atoms with Gasteiger partial charge in [-0.25, -0.2) is 4.79 Å². The van der Waals surface area contributed by atoms with Crippen LogP contribution in [0.4, 0.5) is 18.0 Å². The van der Waals surface area contributed by atoms with Gasteiger partial charge in [0, 0.05) is 25.8 Å². The summed E-state index contributed by atoms with van der Waals surface area (Å²) in [5.74, 6) is 0.672. The standard InChI is InChI=1S/C16H21F3N2O3/c1-23-14-4-2-12(3-5-14)10-20-15(22)21(11-16(17,18)19)13-6-8-24-9-7-13/h2-5,13H,6-11H2,1H3,(H,20,22). The number of alkyl halides is 3. The van der Waals surface area contributed by atoms with Crippen molar-refractivity contribution < 1.29 is 27.4 Å². The summed E-state index contributed by atoms with van der Waals surface area (Å²) in [6.45, 7) is -0.373. The van der Waals surface area contributed by atoms with Crippen molar-refractivity contribution in [3.05, 3.63) is 29.8 Å². The number of halogens is 3. The van der Waals surface area contributed by atoms with Crippen molar-refractivity contribution in [3.63, 3.8) is 0 Å². The molecule has 0 atom stereocenters. The molecule has 0 aliphatic carbocycles. The Morgan fingerprint density at radius 3 is 2.46 bits per heavy atom. The number of carbonyl (C=O) groups is 1. The second-order valence-corrected chi connectivity index (χ2v) is 5.59. The number of ether oxygens (including phenoxy) is 2. The van der Waals surface area contributed by atoms with E-state index in [2.05, 4.69) is 5.32 Å². The first-order chi connectivity index (χ1) is 11.4. The quantitative estimate of drug-likeness (QED) is 0.892. The molecule has 2 amide bonds. The molecule has 0 saturated carbocycles. The van der Waals surface area contributed by atoms with Crippen LogP contribution in [0.25, 0.3) is 0 Å². The second-order valence-electron chi connectivity index (χ2n) is 5.59. The SMILES string of the molecule is COc1ccc(CNC(=O)N(CC(F)(F)F)C2CCOCC2)cc1. The summed E-state index contributed by atoms with van der Waals surface area (Å²) >= 11 is 0. The number of methoxy groups -OCH3 is 1. The Bertz CT molecular complexity index is 528. The third kappa shape index (κ3) is 5.59. The highest BCUT2D eigenvalue weighted by Gasteiger charge is 2.37. The molecule has 0 spiro atoms. The van der Waals surface area contributed by atoms with Gasteiger partial charge in [0.2, 0.25) is 0 Å². The first-order valence-electron chi connectivity index (χ1n) is 7.71. The van der Waals surface area contributed by atoms with Crippen LogP contribution in [0.1, 0.15) is 18.4 Å². The summed E-state index contributed by atoms with van der Waals surface area (Å²) in [5, 5.41) is 2.56. The molecule has 1 saturated heterocycles. The van der Waals surface area contributed by atoms with Gasteiger partial charge in [0.1, 0.15) is 12.3 Å². The molecule has 0 unspecified atom stereocenters. The molecule has 1 aromatic rings. The molecule has 1 N–H and O–H groups in total. The van der Waals surface area contributed by atoms with Gasteiger partial charge in [0.15, 0.2) is 0 Å². The van der Waals surface area contributed by atoms with Gasteiger partial charge in [0.05, 0.1) is 7.11 Å². The van der Waals surface area contributed by atoms with Crippen molar-refractivity contribution in [2.45, 2.75) is 31.6 Å². The van der Waals surface area contributed by atoms with Crippen LogP contribution in [0, 0.1) is 0 Å². The van der Waals surface area contributed by atoms with E-state index in [0.29, 0.717) is 31.8 Å². The molecule has 1 aliphatic heterocycles. The molecule has 24 heavy (non-hydrogen) atoms. The summed E-state index contributed by atoms with van der Waals surface area (Å²) in [6, 6.07) is 5.79. The van der Waals surface area contributed by atoms with Crippen molar-refractivity contribution in [1.82, 2.24) is 10.2 Å². The molecular weight excluding hydrogens is 325 g/mol. The van der Waals surface area contributed by atoms with E-state index in [4.69, 9.17) is 9.47 Å². The van der Waals surface area contributed by atoms with E-state index in [1.807, 2.05) is 0 Å². The largest absolute Gasteiger partial charge is 0.497 e. The van der Waals surface area contributed by atoms with Gasteiger partial charge in [-0.15, -0.1) is 0 Å². The van der Waals surface area contributed by atoms with Gasteiger partial charge in [-0.2, -0.15) is 13.2 Å². The first kappa shape index (κ1) is 18.4. The fourth-order valence-corrected chi connectivity index (χ4v) is 2.58. The summed E-state index contributed by atoms with van der Waals surface area (Å²) < 4.78 is 48.6. The first-order valence-corrected chi connectivity index (χ1v) is 7.71. The van der Waals surface area contributed by atoms with Crippen LogP contribution < -0.4 is 10.1 Å². The number of carbonyl (C=O) groups excluding carboxylic acids is 1. The number of hydrogen-bond donors (Lipinski definition) is 1. The van der Waals surface area contributed by atoms with Gasteiger partial charge in [-0.05, 0) is 30.5 Å². The fraction of sp³-hybridized carbons (Fsp3) is 0.562. The number of nitrogens with zero attached hydrogens (tertiary/aromatic N) is 1. The molecule has 8 heteroatoms. The third-order valence-electron chi connectivity index (χ3n) is 3.84. The number of urea groups is 1. The summed E-state index contributed by atoms with van der Waals surface area (Å²) in [6.07, 6.45) is -3.62. The Labute approximate surface area is 138 Å². The molecule has 0 aromatic heterocycles. The summed E-state index contributed by atoms with van der Waals surface area (Å²) in [4.78, 5) is 13.1. The van der Waals surface area contributed by atoms with Crippen LogP contribution in [-0.4, -0.2) is 50.0 Å². The molecule has 5 nitrogen and oxygen atoms in total. The zero-order valence-electron chi connectivity index (χ0n) is 13.4. The predicted octanol–water partition coefficient (Wildman–Crippen LogP) is 2.95. The van der Waals surface area contributed by atoms with E-state index < -0.39 is 24.8 Å². The maximum absolute atomic E-state index is 12.8. The van der Waals surface area contributed by atoms with Gasteiger partial charge in [-0.3, -0.25) is 0 Å². The summed E-state index contributed by atoms with van der Waals surface area (Å²) in [5.41, 5.74) is 0.781. The van der Waals surface area contributed by atoms with Crippen LogP contribution in [0.5, 0.6) is 5.75 Å². The molecule has 1 fully saturated rings. The zero-order valence-corrected chi connectivity index (χ0v) is 13.4. The monoisotopic (exact) mass is 346 g/mol. The number of hydrogen-bond acceptors (Lipinski definition) is 3. The lowest BCUT2D eigenvalue weighted by atomic mass is 10.1. The normalized spacial score (nSPS) is 15.8. The predicted molar refractivity (Wildman–Crippen MR) is 81.8 cm³/mol. The van der Waals surface area contributed by atoms with Crippen molar-refractivity contribution in [3.8, 4) is 5.75 Å². The Hall–Kier alpha value is -1.96. The van der Waals surface area contributed by atoms with E-state index in [1.54, 1.807) is 31.4 Å². The number of rotatable bonds is 5. The van der Waals surface area contributed by atoms with Crippen molar-refractivity contribution in [2.24, 2.45) is 0 Å². The molecular formula is C16H21F3N2O3. The van der Waals surface area contributed by atoms with E-state index in [1.165, 1.54) is 0 Å². The maximum Gasteiger partial charge on any atom is 0.406 e. The Balaban J connectivity index is 1.97. The average molecular weight is 346 g/mol. The molecule has 2 rings (SSSR count). The minimum atomic E-state index is -4.43. The molecule has 0 radical (unpaired) electrons. The molecule has 1 aromatic carbocycles. The van der Waals surface area contributed by atoms with Gasteiger partial charge in [0.25, 0.3) is 0 Å². The van der Waals surface area contributed by atoms with Gasteiger partial charge >= 0.3 is 12.2 Å². The third-order valence-corrected chi connectivity index (χ3v) is 3.84. The Kier molecular flexibility index (Phi) is 6.30. The van der Waals surface area contributed by atoms with E-state index >= 15 is 0 Å². The number of amides is 2. The van der Waals surface area contributed by atoms with Crippen LogP contribution in [0.15, 0.2) is 24.3 Å². The van der Waals surface area contributed by atoms with Crippen LogP contribution >= 0.6 is 0 Å². The van der Waals surface area contributed by atoms with E-state index in [0.717, 1.165) is 10.5 Å². The minimum Gasteiger partial charge on any atom is -0.497 e. The van der Waals surface area contributed by atoms with Crippen LogP contribution in [0.3, 0.4) is 0 Å². The summed E-state index contributed by atoms with van der Waals surface area (Å²) in [7, 11) is 1.54. The van der Waals surface area contributed by atoms with Crippen molar-refractivity contribution in [2.75, 3.05) is 26.9 Å². The van der Waals surface area contributed by atoms with Gasteiger partial charge in [-0.1, -0.05) is 12.1 Å². The van der Waals surface area contributed by atoms with Crippen LogP contribution in [0.2, 0.25) is 0 Å². The lowest BCUT2D eigenvalue weighted by Crippen LogP contribution is -2.51. The highest BCUT2D eigenvalue weighted by Crippen LogP contribution is 2.22. The van der Waals surface area contributed by atoms with Crippen molar-refractivity contribution >= 4 is 6.03 Å². The molecule has 1 aliphatic rings. The smallest absolute Gasteiger partial charge is 0.406 e. The lowest BCUT2D eigenvalue weighted by Gasteiger charge is -2.34. The van der Waals surface area contributed by atoms with Crippen molar-refractivity contribution in [1.29, 1.82) is 0 Å². The minimum absolute atomic E-state index is 0.153. The van der Waals surface area contributed by atoms with Gasteiger partial charge < -0.3 is 19.7 Å². The molecule has 0 bridgehead atoms. The Morgan fingerprint density at radius 2 is 1.92 bits per heavy atom. The molecule has 134 valence electrons. The second kappa shape index (κ2) is 8.23. The fourth-order valence-electron chi connectivity index (χ4n) is 2.58. The van der Waals surface area contributed by atoms with Crippen LogP contribution in [-0.2, 0) is 11.3 Å². The highest BCUT2D eigenvalue weighted by atomic mass is 19.4. The van der Waals surface area contributed by atoms with E-state index in [9.17, 15) is 18.0 Å². The molecule has 1 heterocycles. The maximum atomic E-state index is 12.8. The number of nitrogens with one attached hydrogen (secondary N) is 1. The van der Waals surface area contributed by atoms with E-state index in [-0.39, 0.29) is 6.54 Å². The average Bonchev–Trinajstić information content (AvgIpc) is 2.58. The Morgan fingerprint density at radius 1 is 1.29 bits per heavy atom. The number of benzene rings is 1. The highest BCUT2D eigenvalue weighted by molar-refractivity contribution is 5.74. The lowest BCUT2D eigenvalue weighted by molar-refractivity contribution is -0.146. The zero-order chi connectivity index (χ0) is 17.6. The topological polar surface area (TPSA) is 50.8 Å².